The molecule has 0 aliphatic carbocycles. The van der Waals surface area contributed by atoms with Gasteiger partial charge in [-0.3, -0.25) is 4.90 Å². The molecule has 3 aromatic carbocycles. The van der Waals surface area contributed by atoms with E-state index in [0.717, 1.165) is 62.8 Å². The van der Waals surface area contributed by atoms with E-state index in [0.29, 0.717) is 0 Å². The quantitative estimate of drug-likeness (QED) is 0.214. The summed E-state index contributed by atoms with van der Waals surface area (Å²) in [5.41, 5.74) is 9.82. The summed E-state index contributed by atoms with van der Waals surface area (Å²) in [6, 6.07) is 39.2. The summed E-state index contributed by atoms with van der Waals surface area (Å²) in [5.74, 6) is 0.964. The maximum atomic E-state index is 4.96. The van der Waals surface area contributed by atoms with Crippen LogP contribution in [0.2, 0.25) is 0 Å². The zero-order valence-electron chi connectivity index (χ0n) is 23.6. The normalized spacial score (nSPS) is 14.4. The SMILES string of the molecule is Cc1ccc(C)n1-c1cccc(-c2ccc(-c3ccc(CN4CCN(CCc5ccccc5)CC4)cc3)cc2)n1. The molecule has 0 saturated carbocycles. The first-order valence-corrected chi connectivity index (χ1v) is 14.4. The lowest BCUT2D eigenvalue weighted by Crippen LogP contribution is -2.46. The summed E-state index contributed by atoms with van der Waals surface area (Å²) < 4.78 is 2.20. The molecular formula is C36H38N4. The van der Waals surface area contributed by atoms with Crippen molar-refractivity contribution in [2.75, 3.05) is 32.7 Å². The monoisotopic (exact) mass is 526 g/mol. The second-order valence-corrected chi connectivity index (χ2v) is 11.0. The van der Waals surface area contributed by atoms with Crippen LogP contribution in [-0.4, -0.2) is 52.1 Å². The number of aromatic nitrogens is 2. The largest absolute Gasteiger partial charge is 0.303 e. The molecule has 1 fully saturated rings. The van der Waals surface area contributed by atoms with Crippen molar-refractivity contribution in [2.24, 2.45) is 0 Å². The molecule has 0 bridgehead atoms. The Morgan fingerprint density at radius 3 is 1.82 bits per heavy atom. The maximum absolute atomic E-state index is 4.96. The van der Waals surface area contributed by atoms with E-state index in [4.69, 9.17) is 4.98 Å². The van der Waals surface area contributed by atoms with Crippen molar-refractivity contribution >= 4 is 0 Å². The van der Waals surface area contributed by atoms with Gasteiger partial charge in [-0.05, 0) is 66.8 Å². The second-order valence-electron chi connectivity index (χ2n) is 11.0. The van der Waals surface area contributed by atoms with Crippen LogP contribution in [0.1, 0.15) is 22.5 Å². The van der Waals surface area contributed by atoms with Gasteiger partial charge in [0.2, 0.25) is 0 Å². The minimum absolute atomic E-state index is 0.964. The van der Waals surface area contributed by atoms with Crippen LogP contribution in [0.4, 0.5) is 0 Å². The van der Waals surface area contributed by atoms with Gasteiger partial charge < -0.3 is 9.47 Å². The van der Waals surface area contributed by atoms with Crippen molar-refractivity contribution in [1.82, 2.24) is 19.4 Å². The van der Waals surface area contributed by atoms with E-state index in [9.17, 15) is 0 Å². The average Bonchev–Trinajstić information content (AvgIpc) is 3.35. The molecule has 0 unspecified atom stereocenters. The standard InChI is InChI=1S/C36H38N4/c1-28-11-12-29(2)40(28)36-10-6-9-35(37-36)34-19-17-33(18-20-34)32-15-13-31(14-16-32)27-39-25-23-38(24-26-39)22-21-30-7-4-3-5-8-30/h3-20H,21-27H2,1-2H3. The van der Waals surface area contributed by atoms with Gasteiger partial charge in [-0.25, -0.2) is 4.98 Å². The molecule has 2 aromatic heterocycles. The van der Waals surface area contributed by atoms with Gasteiger partial charge in [0.05, 0.1) is 5.69 Å². The molecule has 4 nitrogen and oxygen atoms in total. The number of aryl methyl sites for hydroxylation is 2. The van der Waals surface area contributed by atoms with Crippen molar-refractivity contribution in [1.29, 1.82) is 0 Å². The first-order valence-electron chi connectivity index (χ1n) is 14.4. The molecule has 202 valence electrons. The van der Waals surface area contributed by atoms with Gasteiger partial charge in [0, 0.05) is 56.2 Å². The van der Waals surface area contributed by atoms with E-state index >= 15 is 0 Å². The molecule has 6 rings (SSSR count). The number of nitrogens with zero attached hydrogens (tertiary/aromatic N) is 4. The highest BCUT2D eigenvalue weighted by Gasteiger charge is 2.17. The number of rotatable bonds is 8. The van der Waals surface area contributed by atoms with E-state index in [1.165, 1.54) is 33.6 Å². The van der Waals surface area contributed by atoms with E-state index < -0.39 is 0 Å². The second kappa shape index (κ2) is 12.0. The summed E-state index contributed by atoms with van der Waals surface area (Å²) in [5, 5.41) is 0. The van der Waals surface area contributed by atoms with E-state index in [-0.39, 0.29) is 0 Å². The lowest BCUT2D eigenvalue weighted by atomic mass is 10.0. The van der Waals surface area contributed by atoms with Gasteiger partial charge in [0.1, 0.15) is 5.82 Å². The van der Waals surface area contributed by atoms with Crippen LogP contribution in [-0.2, 0) is 13.0 Å². The third-order valence-corrected chi connectivity index (χ3v) is 8.13. The van der Waals surface area contributed by atoms with Crippen LogP contribution in [0, 0.1) is 13.8 Å². The van der Waals surface area contributed by atoms with E-state index in [2.05, 4.69) is 137 Å². The Morgan fingerprint density at radius 1 is 0.550 bits per heavy atom. The lowest BCUT2D eigenvalue weighted by molar-refractivity contribution is 0.128. The zero-order chi connectivity index (χ0) is 27.3. The van der Waals surface area contributed by atoms with Gasteiger partial charge in [-0.1, -0.05) is 84.9 Å². The van der Waals surface area contributed by atoms with Gasteiger partial charge >= 0.3 is 0 Å². The fourth-order valence-electron chi connectivity index (χ4n) is 5.74. The van der Waals surface area contributed by atoms with Gasteiger partial charge in [0.25, 0.3) is 0 Å². The number of hydrogen-bond acceptors (Lipinski definition) is 3. The molecule has 1 aliphatic heterocycles. The van der Waals surface area contributed by atoms with Gasteiger partial charge in [-0.2, -0.15) is 0 Å². The molecule has 0 amide bonds. The van der Waals surface area contributed by atoms with Gasteiger partial charge in [0.15, 0.2) is 0 Å². The molecule has 1 aliphatic rings. The van der Waals surface area contributed by atoms with Crippen molar-refractivity contribution in [3.63, 3.8) is 0 Å². The first-order chi connectivity index (χ1) is 19.6. The Kier molecular flexibility index (Phi) is 7.90. The number of hydrogen-bond donors (Lipinski definition) is 0. The number of benzene rings is 3. The van der Waals surface area contributed by atoms with Crippen LogP contribution < -0.4 is 0 Å². The highest BCUT2D eigenvalue weighted by Crippen LogP contribution is 2.26. The maximum Gasteiger partial charge on any atom is 0.137 e. The molecule has 0 radical (unpaired) electrons. The van der Waals surface area contributed by atoms with Crippen LogP contribution in [0.5, 0.6) is 0 Å². The third kappa shape index (κ3) is 6.09. The predicted molar refractivity (Wildman–Crippen MR) is 166 cm³/mol. The predicted octanol–water partition coefficient (Wildman–Crippen LogP) is 7.18. The number of pyridine rings is 1. The van der Waals surface area contributed by atoms with Crippen molar-refractivity contribution in [3.05, 3.63) is 132 Å². The summed E-state index contributed by atoms with van der Waals surface area (Å²) in [4.78, 5) is 10.1. The topological polar surface area (TPSA) is 24.3 Å². The zero-order valence-corrected chi connectivity index (χ0v) is 23.6. The van der Waals surface area contributed by atoms with E-state index in [1.54, 1.807) is 0 Å². The molecule has 5 aromatic rings. The summed E-state index contributed by atoms with van der Waals surface area (Å²) in [6.45, 7) is 11.0. The highest BCUT2D eigenvalue weighted by atomic mass is 15.3. The minimum atomic E-state index is 0.964. The fourth-order valence-corrected chi connectivity index (χ4v) is 5.74. The lowest BCUT2D eigenvalue weighted by Gasteiger charge is -2.34. The molecule has 0 spiro atoms. The van der Waals surface area contributed by atoms with Crippen molar-refractivity contribution in [2.45, 2.75) is 26.8 Å². The Labute approximate surface area is 238 Å². The summed E-state index contributed by atoms with van der Waals surface area (Å²) in [7, 11) is 0. The van der Waals surface area contributed by atoms with Crippen LogP contribution in [0.25, 0.3) is 28.2 Å². The Balaban J connectivity index is 1.04. The van der Waals surface area contributed by atoms with Crippen LogP contribution >= 0.6 is 0 Å². The Morgan fingerprint density at radius 2 is 1.15 bits per heavy atom. The summed E-state index contributed by atoms with van der Waals surface area (Å²) >= 11 is 0. The fraction of sp³-hybridized carbons (Fsp3) is 0.250. The van der Waals surface area contributed by atoms with Crippen molar-refractivity contribution < 1.29 is 0 Å². The molecule has 3 heterocycles. The van der Waals surface area contributed by atoms with E-state index in [1.807, 2.05) is 0 Å². The summed E-state index contributed by atoms with van der Waals surface area (Å²) in [6.07, 6.45) is 1.14. The highest BCUT2D eigenvalue weighted by molar-refractivity contribution is 5.69. The van der Waals surface area contributed by atoms with Gasteiger partial charge in [-0.15, -0.1) is 0 Å². The Bertz CT molecular complexity index is 1510. The minimum Gasteiger partial charge on any atom is -0.303 e. The Hall–Kier alpha value is -3.99. The molecule has 1 saturated heterocycles. The van der Waals surface area contributed by atoms with Crippen LogP contribution in [0.3, 0.4) is 0 Å². The average molecular weight is 527 g/mol. The molecular weight excluding hydrogens is 488 g/mol. The van der Waals surface area contributed by atoms with Crippen LogP contribution in [0.15, 0.2) is 109 Å². The third-order valence-electron chi connectivity index (χ3n) is 8.13. The molecule has 0 N–H and O–H groups in total. The number of piperazine rings is 1. The molecule has 0 atom stereocenters. The first kappa shape index (κ1) is 26.2. The van der Waals surface area contributed by atoms with Crippen molar-refractivity contribution in [3.8, 4) is 28.2 Å². The smallest absolute Gasteiger partial charge is 0.137 e. The molecule has 4 heteroatoms. The molecule has 40 heavy (non-hydrogen) atoms.